The first kappa shape index (κ1) is 27.8. The van der Waals surface area contributed by atoms with Gasteiger partial charge in [-0.25, -0.2) is 4.39 Å². The van der Waals surface area contributed by atoms with Crippen molar-refractivity contribution in [3.8, 4) is 17.3 Å². The lowest BCUT2D eigenvalue weighted by atomic mass is 9.99. The minimum Gasteiger partial charge on any atom is -0.467 e. The van der Waals surface area contributed by atoms with E-state index in [1.165, 1.54) is 7.11 Å². The van der Waals surface area contributed by atoms with Gasteiger partial charge >= 0.3 is 6.01 Å². The number of likely N-dealkylation sites (tertiary alicyclic amines) is 1. The first-order valence-electron chi connectivity index (χ1n) is 14.2. The number of methoxy groups -OCH3 is 1. The van der Waals surface area contributed by atoms with E-state index in [1.54, 1.807) is 17.2 Å². The Labute approximate surface area is 243 Å². The second kappa shape index (κ2) is 11.9. The van der Waals surface area contributed by atoms with Crippen molar-refractivity contribution in [2.45, 2.75) is 37.6 Å². The Hall–Kier alpha value is -3.34. The summed E-state index contributed by atoms with van der Waals surface area (Å²) >= 11 is 6.52. The maximum atomic E-state index is 16.1. The third-order valence-electron chi connectivity index (χ3n) is 8.32. The molecule has 9 nitrogen and oxygen atoms in total. The van der Waals surface area contributed by atoms with Crippen LogP contribution in [0.5, 0.6) is 6.01 Å². The zero-order valence-electron chi connectivity index (χ0n) is 23.1. The summed E-state index contributed by atoms with van der Waals surface area (Å²) in [5.74, 6) is 0.275. The monoisotopic (exact) mass is 580 g/mol. The number of nitrogens with zero attached hydrogens (tertiary/aromatic N) is 6. The van der Waals surface area contributed by atoms with Gasteiger partial charge < -0.3 is 19.6 Å². The SMILES string of the molecule is COc1nc(N2CCN(C(=O)/C=C/CN3CCC[C@@H]3CO)CC2)c2cnc(-c3cccc(Cl)c3C3CC3)c(F)c2n1. The molecule has 6 rings (SSSR count). The molecular formula is C30H34ClFN6O3. The van der Waals surface area contributed by atoms with Crippen LogP contribution in [0.25, 0.3) is 22.2 Å². The normalized spacial score (nSPS) is 20.0. The predicted octanol–water partition coefficient (Wildman–Crippen LogP) is 4.03. The number of aromatic nitrogens is 3. The summed E-state index contributed by atoms with van der Waals surface area (Å²) in [5.41, 5.74) is 1.98. The van der Waals surface area contributed by atoms with Crippen LogP contribution in [0, 0.1) is 5.82 Å². The molecule has 1 saturated carbocycles. The van der Waals surface area contributed by atoms with Crippen LogP contribution in [0.1, 0.15) is 37.2 Å². The number of carbonyl (C=O) groups is 1. The standard InChI is InChI=1S/C30H34ClFN6O3/c1-41-30-34-28-22(17-33-27(26(28)32)21-6-2-7-23(31)25(21)19-9-10-19)29(35-30)38-15-13-37(14-16-38)24(40)8-4-12-36-11-3-5-20(36)18-39/h2,4,6-8,17,19-20,39H,3,5,9-16,18H2,1H3/b8-4+/t20-/m1/s1. The van der Waals surface area contributed by atoms with Crippen LogP contribution in [0.2, 0.25) is 5.02 Å². The molecule has 1 N–H and O–H groups in total. The third-order valence-corrected chi connectivity index (χ3v) is 8.65. The molecule has 1 aliphatic carbocycles. The number of fused-ring (bicyclic) bond motifs is 1. The largest absolute Gasteiger partial charge is 0.467 e. The van der Waals surface area contributed by atoms with Gasteiger partial charge in [-0.1, -0.05) is 29.8 Å². The Morgan fingerprint density at radius 2 is 1.98 bits per heavy atom. The van der Waals surface area contributed by atoms with Gasteiger partial charge in [0.05, 0.1) is 19.1 Å². The molecular weight excluding hydrogens is 547 g/mol. The number of carbonyl (C=O) groups excluding carboxylic acids is 1. The number of aliphatic hydroxyl groups excluding tert-OH is 1. The fourth-order valence-corrected chi connectivity index (χ4v) is 6.28. The summed E-state index contributed by atoms with van der Waals surface area (Å²) in [4.78, 5) is 32.3. The fourth-order valence-electron chi connectivity index (χ4n) is 5.95. The topological polar surface area (TPSA) is 94.9 Å². The fraction of sp³-hybridized carbons (Fsp3) is 0.467. The maximum absolute atomic E-state index is 16.1. The second-order valence-corrected chi connectivity index (χ2v) is 11.3. The molecule has 3 aromatic rings. The number of anilines is 1. The summed E-state index contributed by atoms with van der Waals surface area (Å²) in [7, 11) is 1.46. The minimum absolute atomic E-state index is 0.0418. The van der Waals surface area contributed by atoms with E-state index < -0.39 is 5.82 Å². The number of hydrogen-bond donors (Lipinski definition) is 1. The van der Waals surface area contributed by atoms with E-state index in [9.17, 15) is 9.90 Å². The molecule has 11 heteroatoms. The molecule has 0 spiro atoms. The number of halogens is 2. The molecule has 2 aromatic heterocycles. The van der Waals surface area contributed by atoms with Gasteiger partial charge in [-0.2, -0.15) is 9.97 Å². The molecule has 1 amide bonds. The molecule has 3 aliphatic rings. The van der Waals surface area contributed by atoms with Crippen molar-refractivity contribution >= 4 is 34.2 Å². The van der Waals surface area contributed by atoms with Crippen molar-refractivity contribution in [2.75, 3.05) is 57.9 Å². The zero-order chi connectivity index (χ0) is 28.5. The quantitative estimate of drug-likeness (QED) is 0.399. The summed E-state index contributed by atoms with van der Waals surface area (Å²) in [6, 6.07) is 5.76. The van der Waals surface area contributed by atoms with Crippen LogP contribution in [0.15, 0.2) is 36.5 Å². The first-order chi connectivity index (χ1) is 20.0. The Morgan fingerprint density at radius 3 is 2.71 bits per heavy atom. The molecule has 41 heavy (non-hydrogen) atoms. The van der Waals surface area contributed by atoms with Gasteiger partial charge in [-0.3, -0.25) is 14.7 Å². The van der Waals surface area contributed by atoms with Crippen LogP contribution in [0.4, 0.5) is 10.2 Å². The number of rotatable bonds is 8. The van der Waals surface area contributed by atoms with Crippen molar-refractivity contribution in [1.82, 2.24) is 24.8 Å². The number of pyridine rings is 1. The summed E-state index contributed by atoms with van der Waals surface area (Å²) in [5, 5.41) is 10.6. The smallest absolute Gasteiger partial charge is 0.318 e. The molecule has 1 atom stereocenters. The first-order valence-corrected chi connectivity index (χ1v) is 14.6. The molecule has 0 radical (unpaired) electrons. The average molecular weight is 581 g/mol. The number of aliphatic hydroxyl groups is 1. The molecule has 3 fully saturated rings. The van der Waals surface area contributed by atoms with Gasteiger partial charge in [-0.05, 0) is 49.8 Å². The van der Waals surface area contributed by atoms with Crippen molar-refractivity contribution < 1.29 is 19.0 Å². The molecule has 2 aliphatic heterocycles. The number of piperazine rings is 1. The van der Waals surface area contributed by atoms with E-state index in [1.807, 2.05) is 29.2 Å². The van der Waals surface area contributed by atoms with Crippen LogP contribution < -0.4 is 9.64 Å². The van der Waals surface area contributed by atoms with Crippen molar-refractivity contribution in [3.63, 3.8) is 0 Å². The highest BCUT2D eigenvalue weighted by atomic mass is 35.5. The van der Waals surface area contributed by atoms with E-state index in [0.29, 0.717) is 60.4 Å². The Morgan fingerprint density at radius 1 is 1.17 bits per heavy atom. The summed E-state index contributed by atoms with van der Waals surface area (Å²) in [6.45, 7) is 3.80. The summed E-state index contributed by atoms with van der Waals surface area (Å²) in [6.07, 6.45) is 9.24. The van der Waals surface area contributed by atoms with Crippen LogP contribution in [0.3, 0.4) is 0 Å². The van der Waals surface area contributed by atoms with Gasteiger partial charge in [0.25, 0.3) is 0 Å². The lowest BCUT2D eigenvalue weighted by molar-refractivity contribution is -0.126. The highest BCUT2D eigenvalue weighted by Gasteiger charge is 2.31. The number of ether oxygens (including phenoxy) is 1. The van der Waals surface area contributed by atoms with E-state index in [4.69, 9.17) is 16.3 Å². The van der Waals surface area contributed by atoms with Crippen molar-refractivity contribution in [3.05, 3.63) is 53.0 Å². The van der Waals surface area contributed by atoms with Crippen LogP contribution in [-0.2, 0) is 4.79 Å². The molecule has 216 valence electrons. The molecule has 2 saturated heterocycles. The third kappa shape index (κ3) is 5.60. The van der Waals surface area contributed by atoms with Crippen LogP contribution in [-0.4, -0.2) is 94.8 Å². The van der Waals surface area contributed by atoms with Crippen molar-refractivity contribution in [1.29, 1.82) is 0 Å². The second-order valence-electron chi connectivity index (χ2n) is 10.9. The number of benzene rings is 1. The van der Waals surface area contributed by atoms with Gasteiger partial charge in [0.1, 0.15) is 17.0 Å². The van der Waals surface area contributed by atoms with Gasteiger partial charge in [0.2, 0.25) is 5.91 Å². The Kier molecular flexibility index (Phi) is 8.05. The highest BCUT2D eigenvalue weighted by Crippen LogP contribution is 2.48. The van der Waals surface area contributed by atoms with E-state index in [0.717, 1.165) is 37.8 Å². The van der Waals surface area contributed by atoms with Gasteiger partial charge in [-0.15, -0.1) is 0 Å². The molecule has 0 unspecified atom stereocenters. The summed E-state index contributed by atoms with van der Waals surface area (Å²) < 4.78 is 21.5. The molecule has 0 bridgehead atoms. The minimum atomic E-state index is -0.533. The molecule has 4 heterocycles. The Bertz CT molecular complexity index is 1470. The molecule has 1 aromatic carbocycles. The van der Waals surface area contributed by atoms with Crippen molar-refractivity contribution in [2.24, 2.45) is 0 Å². The van der Waals surface area contributed by atoms with E-state index in [-0.39, 0.29) is 35.8 Å². The van der Waals surface area contributed by atoms with Gasteiger partial charge in [0.15, 0.2) is 5.82 Å². The maximum Gasteiger partial charge on any atom is 0.318 e. The average Bonchev–Trinajstić information content (AvgIpc) is 3.73. The van der Waals surface area contributed by atoms with Gasteiger partial charge in [0, 0.05) is 61.6 Å². The lowest BCUT2D eigenvalue weighted by Crippen LogP contribution is -2.48. The predicted molar refractivity (Wildman–Crippen MR) is 156 cm³/mol. The van der Waals surface area contributed by atoms with E-state index in [2.05, 4.69) is 19.9 Å². The number of amides is 1. The lowest BCUT2D eigenvalue weighted by Gasteiger charge is -2.35. The van der Waals surface area contributed by atoms with E-state index >= 15 is 4.39 Å². The highest BCUT2D eigenvalue weighted by molar-refractivity contribution is 6.32. The Balaban J connectivity index is 1.21. The zero-order valence-corrected chi connectivity index (χ0v) is 23.9. The number of hydrogen-bond acceptors (Lipinski definition) is 8. The van der Waals surface area contributed by atoms with Crippen LogP contribution >= 0.6 is 11.6 Å².